The van der Waals surface area contributed by atoms with Crippen LogP contribution in [0.3, 0.4) is 0 Å². The molecule has 3 saturated heterocycles. The Labute approximate surface area is 396 Å². The standard InChI is InChI=1S/C52H74N8O7/c1-9-19-51(4,5)48(63)66-34-59-44-14-12-11-13-39(44)32-42(46(59)61)38-15-23-58(24-16-38)50(65)54-43(47(62)57-27-25-56(26-28-57)41-17-21-55(8)22-18-41)31-37-29-36(3)45-40(30-37)33-53-60(45)35-67-49(64)52(6,7)20-10-2/h11-14,29-30,32-33,38,41,43H,9-10,15-28,31,34-35H2,1-8H3,(H,54,65)/t43-/m1/s1. The van der Waals surface area contributed by atoms with Crippen LogP contribution < -0.4 is 10.9 Å². The first-order valence-corrected chi connectivity index (χ1v) is 24.7. The van der Waals surface area contributed by atoms with Crippen LogP contribution >= 0.6 is 0 Å². The van der Waals surface area contributed by atoms with E-state index in [-0.39, 0.29) is 55.2 Å². The first-order chi connectivity index (χ1) is 32.0. The zero-order valence-electron chi connectivity index (χ0n) is 41.3. The van der Waals surface area contributed by atoms with E-state index in [1.165, 1.54) is 0 Å². The Balaban J connectivity index is 1.06. The molecule has 4 aromatic rings. The number of amides is 3. The van der Waals surface area contributed by atoms with Gasteiger partial charge in [-0.3, -0.25) is 28.6 Å². The average molecular weight is 923 g/mol. The molecule has 1 atom stereocenters. The van der Waals surface area contributed by atoms with Crippen LogP contribution in [0.5, 0.6) is 0 Å². The van der Waals surface area contributed by atoms with Gasteiger partial charge in [0.25, 0.3) is 5.56 Å². The smallest absolute Gasteiger partial charge is 0.318 e. The summed E-state index contributed by atoms with van der Waals surface area (Å²) < 4.78 is 14.8. The minimum atomic E-state index is -0.813. The van der Waals surface area contributed by atoms with Gasteiger partial charge in [0, 0.05) is 62.7 Å². The number of carbonyl (C=O) groups excluding carboxylic acids is 4. The number of likely N-dealkylation sites (tertiary alicyclic amines) is 2. The molecule has 15 heteroatoms. The minimum Gasteiger partial charge on any atom is -0.443 e. The Morgan fingerprint density at radius 1 is 0.776 bits per heavy atom. The van der Waals surface area contributed by atoms with Crippen LogP contribution in [0, 0.1) is 17.8 Å². The highest BCUT2D eigenvalue weighted by molar-refractivity contribution is 5.88. The number of benzene rings is 2. The summed E-state index contributed by atoms with van der Waals surface area (Å²) >= 11 is 0. The summed E-state index contributed by atoms with van der Waals surface area (Å²) in [5.74, 6) is -0.814. The fourth-order valence-electron chi connectivity index (χ4n) is 10.6. The number of rotatable bonds is 16. The number of fused-ring (bicyclic) bond motifs is 2. The molecule has 67 heavy (non-hydrogen) atoms. The van der Waals surface area contributed by atoms with Gasteiger partial charge in [-0.15, -0.1) is 0 Å². The molecular formula is C52H74N8O7. The van der Waals surface area contributed by atoms with Crippen LogP contribution in [0.2, 0.25) is 0 Å². The van der Waals surface area contributed by atoms with Crippen molar-refractivity contribution in [3.8, 4) is 0 Å². The van der Waals surface area contributed by atoms with Crippen molar-refractivity contribution in [1.29, 1.82) is 0 Å². The van der Waals surface area contributed by atoms with E-state index in [2.05, 4.69) is 27.3 Å². The van der Waals surface area contributed by atoms with Crippen molar-refractivity contribution < 1.29 is 28.7 Å². The number of esters is 2. The summed E-state index contributed by atoms with van der Waals surface area (Å²) in [6, 6.07) is 13.0. The van der Waals surface area contributed by atoms with Crippen LogP contribution in [-0.2, 0) is 43.7 Å². The van der Waals surface area contributed by atoms with E-state index in [0.29, 0.717) is 62.6 Å². The predicted octanol–water partition coefficient (Wildman–Crippen LogP) is 7.05. The number of para-hydroxylation sites is 1. The summed E-state index contributed by atoms with van der Waals surface area (Å²) in [5.41, 5.74) is 2.55. The molecule has 3 aliphatic heterocycles. The largest absolute Gasteiger partial charge is 0.443 e. The Hall–Kier alpha value is -5.28. The molecule has 3 aliphatic rings. The van der Waals surface area contributed by atoms with Crippen LogP contribution in [0.1, 0.15) is 116 Å². The highest BCUT2D eigenvalue weighted by Crippen LogP contribution is 2.30. The summed E-state index contributed by atoms with van der Waals surface area (Å²) in [6.07, 6.45) is 8.54. The molecule has 0 bridgehead atoms. The lowest BCUT2D eigenvalue weighted by molar-refractivity contribution is -0.159. The van der Waals surface area contributed by atoms with Gasteiger partial charge in [0.2, 0.25) is 5.91 Å². The van der Waals surface area contributed by atoms with Crippen molar-refractivity contribution >= 4 is 45.7 Å². The monoisotopic (exact) mass is 923 g/mol. The van der Waals surface area contributed by atoms with Gasteiger partial charge in [0.05, 0.1) is 28.1 Å². The molecule has 1 N–H and O–H groups in total. The van der Waals surface area contributed by atoms with Gasteiger partial charge in [0.15, 0.2) is 13.5 Å². The van der Waals surface area contributed by atoms with Crippen LogP contribution in [0.25, 0.3) is 21.8 Å². The Kier molecular flexibility index (Phi) is 15.8. The molecular weight excluding hydrogens is 849 g/mol. The zero-order valence-corrected chi connectivity index (χ0v) is 41.3. The number of hydrogen-bond donors (Lipinski definition) is 1. The quantitative estimate of drug-likeness (QED) is 0.116. The van der Waals surface area contributed by atoms with Gasteiger partial charge in [-0.2, -0.15) is 5.10 Å². The third-order valence-electron chi connectivity index (χ3n) is 14.6. The number of urea groups is 1. The lowest BCUT2D eigenvalue weighted by atomic mass is 9.88. The first-order valence-electron chi connectivity index (χ1n) is 24.7. The molecule has 15 nitrogen and oxygen atoms in total. The van der Waals surface area contributed by atoms with E-state index in [0.717, 1.165) is 85.7 Å². The Morgan fingerprint density at radius 3 is 2.04 bits per heavy atom. The van der Waals surface area contributed by atoms with E-state index in [9.17, 15) is 24.0 Å². The maximum absolute atomic E-state index is 14.6. The average Bonchev–Trinajstić information content (AvgIpc) is 3.73. The SMILES string of the molecule is CCCC(C)(C)C(=O)OCn1ncc2cc(C[C@@H](NC(=O)N3CCC(c4cc5ccccc5n(COC(=O)C(C)(C)CCC)c4=O)CC3)C(=O)N3CCN(C4CCN(C)CC4)CC3)cc(C)c21. The number of piperidine rings is 2. The molecule has 5 heterocycles. The molecule has 7 rings (SSSR count). The number of ether oxygens (including phenoxy) is 2. The molecule has 3 fully saturated rings. The van der Waals surface area contributed by atoms with Gasteiger partial charge in [-0.25, -0.2) is 9.48 Å². The summed E-state index contributed by atoms with van der Waals surface area (Å²) in [7, 11) is 2.17. The number of aryl methyl sites for hydroxylation is 1. The van der Waals surface area contributed by atoms with E-state index in [1.54, 1.807) is 20.3 Å². The molecule has 0 spiro atoms. The number of nitrogens with zero attached hydrogens (tertiary/aromatic N) is 7. The van der Waals surface area contributed by atoms with Gasteiger partial charge in [-0.1, -0.05) is 51.0 Å². The van der Waals surface area contributed by atoms with Crippen molar-refractivity contribution in [1.82, 2.24) is 39.3 Å². The van der Waals surface area contributed by atoms with Crippen molar-refractivity contribution in [3.63, 3.8) is 0 Å². The zero-order chi connectivity index (χ0) is 48.0. The second-order valence-corrected chi connectivity index (χ2v) is 20.6. The number of carbonyl (C=O) groups is 4. The molecule has 0 aliphatic carbocycles. The molecule has 3 amide bonds. The topological polar surface area (TPSA) is 152 Å². The van der Waals surface area contributed by atoms with Crippen molar-refractivity contribution in [2.75, 3.05) is 59.4 Å². The van der Waals surface area contributed by atoms with Gasteiger partial charge >= 0.3 is 18.0 Å². The molecule has 2 aromatic heterocycles. The Bertz CT molecular complexity index is 2450. The normalized spacial score (nSPS) is 17.8. The Morgan fingerprint density at radius 2 is 1.40 bits per heavy atom. The lowest BCUT2D eigenvalue weighted by Crippen LogP contribution is -2.59. The summed E-state index contributed by atoms with van der Waals surface area (Å²) in [5, 5.41) is 9.48. The lowest BCUT2D eigenvalue weighted by Gasteiger charge is -2.43. The number of aromatic nitrogens is 3. The van der Waals surface area contributed by atoms with Crippen molar-refractivity contribution in [3.05, 3.63) is 75.7 Å². The van der Waals surface area contributed by atoms with E-state index in [1.807, 2.05) is 95.8 Å². The fraction of sp³-hybridized carbons (Fsp3) is 0.615. The highest BCUT2D eigenvalue weighted by Gasteiger charge is 2.35. The van der Waals surface area contributed by atoms with Crippen LogP contribution in [0.4, 0.5) is 4.79 Å². The number of piperazine rings is 1. The van der Waals surface area contributed by atoms with Gasteiger partial charge in [0.1, 0.15) is 6.04 Å². The summed E-state index contributed by atoms with van der Waals surface area (Å²) in [6.45, 7) is 19.2. The van der Waals surface area contributed by atoms with Crippen LogP contribution in [0.15, 0.2) is 53.5 Å². The highest BCUT2D eigenvalue weighted by atomic mass is 16.5. The maximum atomic E-state index is 14.6. The molecule has 0 radical (unpaired) electrons. The third kappa shape index (κ3) is 11.5. The minimum absolute atomic E-state index is 0.00289. The second kappa shape index (κ2) is 21.3. The third-order valence-corrected chi connectivity index (χ3v) is 14.6. The van der Waals surface area contributed by atoms with Crippen molar-refractivity contribution in [2.45, 2.75) is 138 Å². The fourth-order valence-corrected chi connectivity index (χ4v) is 10.6. The molecule has 0 saturated carbocycles. The first kappa shape index (κ1) is 49.6. The van der Waals surface area contributed by atoms with Crippen LogP contribution in [-0.4, -0.2) is 129 Å². The predicted molar refractivity (Wildman–Crippen MR) is 260 cm³/mol. The van der Waals surface area contributed by atoms with E-state index in [4.69, 9.17) is 9.47 Å². The molecule has 0 unspecified atom stereocenters. The number of hydrogen-bond acceptors (Lipinski definition) is 10. The second-order valence-electron chi connectivity index (χ2n) is 20.6. The van der Waals surface area contributed by atoms with Crippen molar-refractivity contribution in [2.24, 2.45) is 10.8 Å². The van der Waals surface area contributed by atoms with Gasteiger partial charge in [-0.05, 0) is 134 Å². The maximum Gasteiger partial charge on any atom is 0.318 e. The molecule has 2 aromatic carbocycles. The summed E-state index contributed by atoms with van der Waals surface area (Å²) in [4.78, 5) is 77.6. The van der Waals surface area contributed by atoms with Gasteiger partial charge < -0.3 is 29.5 Å². The number of pyridine rings is 1. The number of nitrogens with one attached hydrogen (secondary N) is 1. The molecule has 364 valence electrons. The van der Waals surface area contributed by atoms with E-state index < -0.39 is 16.9 Å². The van der Waals surface area contributed by atoms with E-state index >= 15 is 0 Å².